The highest BCUT2D eigenvalue weighted by atomic mass is 79.9. The van der Waals surface area contributed by atoms with Crippen LogP contribution in [0.25, 0.3) is 0 Å². The van der Waals surface area contributed by atoms with Crippen LogP contribution in [0.2, 0.25) is 5.02 Å². The summed E-state index contributed by atoms with van der Waals surface area (Å²) in [7, 11) is 0. The van der Waals surface area contributed by atoms with E-state index in [2.05, 4.69) is 78.2 Å². The van der Waals surface area contributed by atoms with Gasteiger partial charge in [-0.15, -0.1) is 11.3 Å². The molecule has 0 amide bonds. The van der Waals surface area contributed by atoms with Crippen molar-refractivity contribution >= 4 is 70.7 Å². The second kappa shape index (κ2) is 7.75. The van der Waals surface area contributed by atoms with Gasteiger partial charge in [0, 0.05) is 13.8 Å². The lowest BCUT2D eigenvalue weighted by Crippen LogP contribution is -2.22. The molecule has 108 valence electrons. The third-order valence-electron chi connectivity index (χ3n) is 2.82. The van der Waals surface area contributed by atoms with Crippen LogP contribution in [0.4, 0.5) is 0 Å². The van der Waals surface area contributed by atoms with Gasteiger partial charge in [-0.2, -0.15) is 0 Å². The van der Waals surface area contributed by atoms with Crippen molar-refractivity contribution in [3.8, 4) is 0 Å². The summed E-state index contributed by atoms with van der Waals surface area (Å²) in [4.78, 5) is 1.27. The number of halogens is 4. The molecule has 6 heteroatoms. The van der Waals surface area contributed by atoms with Gasteiger partial charge in [0.05, 0.1) is 14.9 Å². The van der Waals surface area contributed by atoms with Gasteiger partial charge in [-0.3, -0.25) is 0 Å². The van der Waals surface area contributed by atoms with E-state index in [0.29, 0.717) is 0 Å². The van der Waals surface area contributed by atoms with Gasteiger partial charge in [-0.1, -0.05) is 24.6 Å². The molecule has 1 unspecified atom stereocenters. The summed E-state index contributed by atoms with van der Waals surface area (Å²) in [6, 6.07) is 8.42. The Morgan fingerprint density at radius 2 is 1.95 bits per heavy atom. The Kier molecular flexibility index (Phi) is 6.57. The van der Waals surface area contributed by atoms with Crippen LogP contribution in [0.1, 0.15) is 29.8 Å². The molecule has 1 heterocycles. The van der Waals surface area contributed by atoms with Crippen LogP contribution in [-0.2, 0) is 0 Å². The van der Waals surface area contributed by atoms with Crippen molar-refractivity contribution in [1.29, 1.82) is 0 Å². The lowest BCUT2D eigenvalue weighted by molar-refractivity contribution is 0.605. The normalized spacial score (nSPS) is 12.7. The molecule has 0 aliphatic carbocycles. The molecule has 0 fully saturated rings. The zero-order valence-electron chi connectivity index (χ0n) is 10.7. The molecule has 0 saturated heterocycles. The maximum absolute atomic E-state index is 6.09. The SMILES string of the molecule is CCCNC(c1ccc(Cl)c(Br)c1)c1cc(Br)c(Br)s1. The van der Waals surface area contributed by atoms with Gasteiger partial charge in [-0.05, 0) is 84.5 Å². The van der Waals surface area contributed by atoms with Crippen LogP contribution in [-0.4, -0.2) is 6.54 Å². The third kappa shape index (κ3) is 4.08. The number of nitrogens with one attached hydrogen (secondary N) is 1. The second-order valence-electron chi connectivity index (χ2n) is 4.33. The van der Waals surface area contributed by atoms with Crippen LogP contribution in [0, 0.1) is 0 Å². The van der Waals surface area contributed by atoms with Crippen LogP contribution >= 0.6 is 70.7 Å². The second-order valence-corrected chi connectivity index (χ2v) is 8.85. The first-order valence-electron chi connectivity index (χ1n) is 6.16. The maximum Gasteiger partial charge on any atom is 0.0843 e. The predicted octanol–water partition coefficient (Wildman–Crippen LogP) is 6.78. The fourth-order valence-corrected chi connectivity index (χ4v) is 4.58. The Morgan fingerprint density at radius 1 is 1.20 bits per heavy atom. The summed E-state index contributed by atoms with van der Waals surface area (Å²) in [5.41, 5.74) is 1.20. The van der Waals surface area contributed by atoms with Crippen molar-refractivity contribution in [2.24, 2.45) is 0 Å². The average molecular weight is 502 g/mol. The highest BCUT2D eigenvalue weighted by molar-refractivity contribution is 9.13. The van der Waals surface area contributed by atoms with E-state index in [1.807, 2.05) is 6.07 Å². The molecule has 0 saturated carbocycles. The number of benzene rings is 1. The van der Waals surface area contributed by atoms with Gasteiger partial charge >= 0.3 is 0 Å². The van der Waals surface area contributed by atoms with E-state index in [1.54, 1.807) is 11.3 Å². The Labute approximate surface area is 153 Å². The molecule has 0 radical (unpaired) electrons. The van der Waals surface area contributed by atoms with Crippen molar-refractivity contribution in [2.45, 2.75) is 19.4 Å². The highest BCUT2D eigenvalue weighted by Gasteiger charge is 2.18. The van der Waals surface area contributed by atoms with Crippen LogP contribution in [0.15, 0.2) is 37.0 Å². The first-order chi connectivity index (χ1) is 9.52. The van der Waals surface area contributed by atoms with E-state index in [9.17, 15) is 0 Å². The highest BCUT2D eigenvalue weighted by Crippen LogP contribution is 2.38. The minimum absolute atomic E-state index is 0.177. The molecule has 20 heavy (non-hydrogen) atoms. The first-order valence-corrected chi connectivity index (χ1v) is 9.73. The summed E-state index contributed by atoms with van der Waals surface area (Å²) >= 11 is 18.4. The third-order valence-corrected chi connectivity index (χ3v) is 7.36. The van der Waals surface area contributed by atoms with Gasteiger partial charge < -0.3 is 5.32 Å². The van der Waals surface area contributed by atoms with Crippen LogP contribution < -0.4 is 5.32 Å². The van der Waals surface area contributed by atoms with E-state index < -0.39 is 0 Å². The molecular formula is C14H13Br3ClNS. The number of hydrogen-bond donors (Lipinski definition) is 1. The first kappa shape index (κ1) is 17.0. The minimum Gasteiger partial charge on any atom is -0.306 e. The van der Waals surface area contributed by atoms with Crippen LogP contribution in [0.3, 0.4) is 0 Å². The monoisotopic (exact) mass is 499 g/mol. The smallest absolute Gasteiger partial charge is 0.0843 e. The number of thiophene rings is 1. The predicted molar refractivity (Wildman–Crippen MR) is 99.0 cm³/mol. The van der Waals surface area contributed by atoms with E-state index in [1.165, 1.54) is 10.4 Å². The van der Waals surface area contributed by atoms with E-state index >= 15 is 0 Å². The molecule has 2 rings (SSSR count). The Morgan fingerprint density at radius 3 is 2.50 bits per heavy atom. The molecule has 1 aromatic heterocycles. The standard InChI is InChI=1S/C14H13Br3ClNS/c1-2-5-19-13(12-7-10(16)14(17)20-12)8-3-4-11(18)9(15)6-8/h3-4,6-7,13,19H,2,5H2,1H3. The van der Waals surface area contributed by atoms with Gasteiger partial charge in [0.2, 0.25) is 0 Å². The van der Waals surface area contributed by atoms with Crippen molar-refractivity contribution in [3.63, 3.8) is 0 Å². The Bertz CT molecular complexity index is 581. The van der Waals surface area contributed by atoms with Crippen molar-refractivity contribution in [2.75, 3.05) is 6.54 Å². The Balaban J connectivity index is 2.38. The number of hydrogen-bond acceptors (Lipinski definition) is 2. The lowest BCUT2D eigenvalue weighted by atomic mass is 10.1. The molecule has 1 atom stereocenters. The van der Waals surface area contributed by atoms with E-state index in [-0.39, 0.29) is 6.04 Å². The van der Waals surface area contributed by atoms with Gasteiger partial charge in [-0.25, -0.2) is 0 Å². The Hall–Kier alpha value is 0.610. The molecule has 1 nitrogen and oxygen atoms in total. The molecule has 0 aliphatic rings. The quantitative estimate of drug-likeness (QED) is 0.476. The van der Waals surface area contributed by atoms with E-state index in [0.717, 1.165) is 30.7 Å². The fraction of sp³-hybridized carbons (Fsp3) is 0.286. The van der Waals surface area contributed by atoms with E-state index in [4.69, 9.17) is 11.6 Å². The number of rotatable bonds is 5. The molecule has 2 aromatic rings. The maximum atomic E-state index is 6.09. The summed E-state index contributed by atoms with van der Waals surface area (Å²) in [5.74, 6) is 0. The zero-order valence-corrected chi connectivity index (χ0v) is 17.1. The summed E-state index contributed by atoms with van der Waals surface area (Å²) in [5, 5.41) is 4.33. The topological polar surface area (TPSA) is 12.0 Å². The summed E-state index contributed by atoms with van der Waals surface area (Å²) < 4.78 is 3.13. The molecule has 1 aromatic carbocycles. The van der Waals surface area contributed by atoms with Crippen molar-refractivity contribution in [3.05, 3.63) is 52.5 Å². The van der Waals surface area contributed by atoms with Gasteiger partial charge in [0.15, 0.2) is 0 Å². The van der Waals surface area contributed by atoms with Gasteiger partial charge in [0.25, 0.3) is 0 Å². The molecule has 1 N–H and O–H groups in total. The van der Waals surface area contributed by atoms with Crippen LogP contribution in [0.5, 0.6) is 0 Å². The zero-order chi connectivity index (χ0) is 14.7. The van der Waals surface area contributed by atoms with Gasteiger partial charge in [0.1, 0.15) is 0 Å². The fourth-order valence-electron chi connectivity index (χ4n) is 1.87. The average Bonchev–Trinajstić information content (AvgIpc) is 2.74. The van der Waals surface area contributed by atoms with Crippen molar-refractivity contribution in [1.82, 2.24) is 5.32 Å². The molecule has 0 bridgehead atoms. The minimum atomic E-state index is 0.177. The molecule has 0 aliphatic heterocycles. The molecular weight excluding hydrogens is 489 g/mol. The summed E-state index contributed by atoms with van der Waals surface area (Å²) in [6.45, 7) is 3.14. The largest absolute Gasteiger partial charge is 0.306 e. The molecule has 0 spiro atoms. The van der Waals surface area contributed by atoms with Crippen molar-refractivity contribution < 1.29 is 0 Å². The lowest BCUT2D eigenvalue weighted by Gasteiger charge is -2.18. The summed E-state index contributed by atoms with van der Waals surface area (Å²) in [6.07, 6.45) is 1.10.